The summed E-state index contributed by atoms with van der Waals surface area (Å²) in [7, 11) is 1.27. The van der Waals surface area contributed by atoms with Crippen LogP contribution in [0.3, 0.4) is 0 Å². The van der Waals surface area contributed by atoms with Crippen molar-refractivity contribution in [2.45, 2.75) is 39.2 Å². The number of ether oxygens (including phenoxy) is 1. The van der Waals surface area contributed by atoms with E-state index in [4.69, 9.17) is 5.11 Å². The zero-order valence-corrected chi connectivity index (χ0v) is 12.7. The van der Waals surface area contributed by atoms with E-state index in [0.29, 0.717) is 13.0 Å². The van der Waals surface area contributed by atoms with Gasteiger partial charge in [-0.3, -0.25) is 4.79 Å². The van der Waals surface area contributed by atoms with E-state index >= 15 is 0 Å². The number of carboxylic acids is 1. The van der Waals surface area contributed by atoms with Gasteiger partial charge in [-0.15, -0.1) is 0 Å². The van der Waals surface area contributed by atoms with Crippen LogP contribution in [0.4, 0.5) is 4.79 Å². The Bertz CT molecular complexity index is 397. The van der Waals surface area contributed by atoms with Crippen molar-refractivity contribution in [3.8, 4) is 0 Å². The highest BCUT2D eigenvalue weighted by Gasteiger charge is 2.33. The van der Waals surface area contributed by atoms with Crippen LogP contribution in [0.15, 0.2) is 0 Å². The summed E-state index contributed by atoms with van der Waals surface area (Å²) < 4.78 is 4.64. The highest BCUT2D eigenvalue weighted by atomic mass is 16.5. The molecule has 1 rings (SSSR count). The number of hydrogen-bond acceptors (Lipinski definition) is 4. The minimum absolute atomic E-state index is 0.0520. The minimum atomic E-state index is -0.811. The lowest BCUT2D eigenvalue weighted by Gasteiger charge is -2.21. The quantitative estimate of drug-likeness (QED) is 0.634. The molecular formula is C14H24N2O5. The largest absolute Gasteiger partial charge is 0.481 e. The standard InChI is InChI=1S/C14H24N2O5/c1-8(2)11(13(19)21-3)16-14(20)15-7-9-5-4-6-10(9)12(17)18/h8-11H,4-7H2,1-3H3,(H,17,18)(H2,15,16,20). The van der Waals surface area contributed by atoms with Crippen molar-refractivity contribution < 1.29 is 24.2 Å². The zero-order chi connectivity index (χ0) is 16.0. The smallest absolute Gasteiger partial charge is 0.328 e. The fraction of sp³-hybridized carbons (Fsp3) is 0.786. The molecule has 7 nitrogen and oxygen atoms in total. The summed E-state index contributed by atoms with van der Waals surface area (Å²) in [6, 6.07) is -1.19. The summed E-state index contributed by atoms with van der Waals surface area (Å²) in [5, 5.41) is 14.3. The van der Waals surface area contributed by atoms with Crippen molar-refractivity contribution >= 4 is 18.0 Å². The van der Waals surface area contributed by atoms with Gasteiger partial charge in [0.2, 0.25) is 0 Å². The molecule has 3 atom stereocenters. The van der Waals surface area contributed by atoms with Crippen molar-refractivity contribution in [1.29, 1.82) is 0 Å². The van der Waals surface area contributed by atoms with Crippen molar-refractivity contribution in [2.75, 3.05) is 13.7 Å². The SMILES string of the molecule is COC(=O)C(NC(=O)NCC1CCCC1C(=O)O)C(C)C. The van der Waals surface area contributed by atoms with E-state index in [2.05, 4.69) is 15.4 Å². The van der Waals surface area contributed by atoms with E-state index in [1.807, 2.05) is 0 Å². The molecule has 1 aliphatic carbocycles. The van der Waals surface area contributed by atoms with Gasteiger partial charge in [0.15, 0.2) is 0 Å². The van der Waals surface area contributed by atoms with E-state index in [9.17, 15) is 14.4 Å². The molecule has 0 aliphatic heterocycles. The molecule has 1 saturated carbocycles. The van der Waals surface area contributed by atoms with E-state index in [1.165, 1.54) is 7.11 Å². The third-order valence-electron chi connectivity index (χ3n) is 3.91. The molecule has 0 bridgehead atoms. The Morgan fingerprint density at radius 1 is 1.29 bits per heavy atom. The number of hydrogen-bond donors (Lipinski definition) is 3. The summed E-state index contributed by atoms with van der Waals surface area (Å²) in [6.45, 7) is 3.91. The number of rotatable bonds is 6. The van der Waals surface area contributed by atoms with E-state index in [1.54, 1.807) is 13.8 Å². The summed E-state index contributed by atoms with van der Waals surface area (Å²) in [5.74, 6) is -1.85. The average molecular weight is 300 g/mol. The molecule has 0 saturated heterocycles. The molecule has 7 heteroatoms. The lowest BCUT2D eigenvalue weighted by Crippen LogP contribution is -2.50. The van der Waals surface area contributed by atoms with Crippen LogP contribution in [0.1, 0.15) is 33.1 Å². The van der Waals surface area contributed by atoms with Gasteiger partial charge in [0.25, 0.3) is 0 Å². The first-order valence-corrected chi connectivity index (χ1v) is 7.21. The van der Waals surface area contributed by atoms with Crippen molar-refractivity contribution in [3.63, 3.8) is 0 Å². The number of carbonyl (C=O) groups excluding carboxylic acids is 2. The number of carboxylic acid groups (broad SMARTS) is 1. The second kappa shape index (κ2) is 7.85. The molecule has 0 heterocycles. The van der Waals surface area contributed by atoms with Gasteiger partial charge in [-0.2, -0.15) is 0 Å². The minimum Gasteiger partial charge on any atom is -0.481 e. The fourth-order valence-electron chi connectivity index (χ4n) is 2.65. The Morgan fingerprint density at radius 2 is 1.95 bits per heavy atom. The zero-order valence-electron chi connectivity index (χ0n) is 12.7. The molecule has 2 amide bonds. The predicted octanol–water partition coefficient (Wildman–Crippen LogP) is 0.984. The number of urea groups is 1. The van der Waals surface area contributed by atoms with Gasteiger partial charge in [0, 0.05) is 6.54 Å². The summed E-state index contributed by atoms with van der Waals surface area (Å²) in [6.07, 6.45) is 2.31. The Morgan fingerprint density at radius 3 is 2.48 bits per heavy atom. The molecule has 3 unspecified atom stereocenters. The Kier molecular flexibility index (Phi) is 6.45. The molecule has 1 aliphatic rings. The van der Waals surface area contributed by atoms with E-state index in [0.717, 1.165) is 12.8 Å². The predicted molar refractivity (Wildman–Crippen MR) is 75.6 cm³/mol. The number of carbonyl (C=O) groups is 3. The van der Waals surface area contributed by atoms with Gasteiger partial charge in [0.05, 0.1) is 13.0 Å². The van der Waals surface area contributed by atoms with Gasteiger partial charge in [-0.1, -0.05) is 20.3 Å². The van der Waals surface area contributed by atoms with Crippen LogP contribution < -0.4 is 10.6 Å². The van der Waals surface area contributed by atoms with Crippen LogP contribution in [0.5, 0.6) is 0 Å². The van der Waals surface area contributed by atoms with Gasteiger partial charge < -0.3 is 20.5 Å². The van der Waals surface area contributed by atoms with Crippen LogP contribution in [0.25, 0.3) is 0 Å². The van der Waals surface area contributed by atoms with Crippen LogP contribution in [-0.2, 0) is 14.3 Å². The van der Waals surface area contributed by atoms with Crippen LogP contribution in [0, 0.1) is 17.8 Å². The van der Waals surface area contributed by atoms with Gasteiger partial charge in [0.1, 0.15) is 6.04 Å². The highest BCUT2D eigenvalue weighted by molar-refractivity contribution is 5.83. The fourth-order valence-corrected chi connectivity index (χ4v) is 2.65. The Labute approximate surface area is 124 Å². The summed E-state index contributed by atoms with van der Waals surface area (Å²) in [5.41, 5.74) is 0. The molecule has 0 aromatic rings. The Hall–Kier alpha value is -1.79. The number of aliphatic carboxylic acids is 1. The molecule has 1 fully saturated rings. The topological polar surface area (TPSA) is 105 Å². The van der Waals surface area contributed by atoms with Gasteiger partial charge in [-0.25, -0.2) is 9.59 Å². The van der Waals surface area contributed by atoms with Gasteiger partial charge >= 0.3 is 18.0 Å². The molecule has 21 heavy (non-hydrogen) atoms. The van der Waals surface area contributed by atoms with E-state index in [-0.39, 0.29) is 11.8 Å². The van der Waals surface area contributed by atoms with Gasteiger partial charge in [-0.05, 0) is 24.7 Å². The second-order valence-electron chi connectivity index (χ2n) is 5.73. The monoisotopic (exact) mass is 300 g/mol. The molecular weight excluding hydrogens is 276 g/mol. The van der Waals surface area contributed by atoms with Crippen LogP contribution in [0.2, 0.25) is 0 Å². The normalized spacial score (nSPS) is 22.7. The molecule has 0 aromatic heterocycles. The maximum Gasteiger partial charge on any atom is 0.328 e. The van der Waals surface area contributed by atoms with Crippen LogP contribution in [-0.4, -0.2) is 42.8 Å². The highest BCUT2D eigenvalue weighted by Crippen LogP contribution is 2.31. The first-order valence-electron chi connectivity index (χ1n) is 7.21. The molecule has 0 aromatic carbocycles. The van der Waals surface area contributed by atoms with Crippen molar-refractivity contribution in [3.05, 3.63) is 0 Å². The maximum absolute atomic E-state index is 11.8. The number of nitrogens with one attached hydrogen (secondary N) is 2. The lowest BCUT2D eigenvalue weighted by atomic mass is 9.96. The van der Waals surface area contributed by atoms with E-state index < -0.39 is 29.9 Å². The van der Waals surface area contributed by atoms with Crippen molar-refractivity contribution in [2.24, 2.45) is 17.8 Å². The summed E-state index contributed by atoms with van der Waals surface area (Å²) in [4.78, 5) is 34.4. The number of esters is 1. The number of methoxy groups -OCH3 is 1. The second-order valence-corrected chi connectivity index (χ2v) is 5.73. The molecule has 3 N–H and O–H groups in total. The third-order valence-corrected chi connectivity index (χ3v) is 3.91. The number of amides is 2. The maximum atomic E-state index is 11.8. The molecule has 0 spiro atoms. The van der Waals surface area contributed by atoms with Crippen molar-refractivity contribution in [1.82, 2.24) is 10.6 Å². The molecule has 0 radical (unpaired) electrons. The average Bonchev–Trinajstić information content (AvgIpc) is 2.90. The summed E-state index contributed by atoms with van der Waals surface area (Å²) >= 11 is 0. The first kappa shape index (κ1) is 17.3. The lowest BCUT2D eigenvalue weighted by molar-refractivity contribution is -0.144. The first-order chi connectivity index (χ1) is 9.86. The van der Waals surface area contributed by atoms with Crippen LogP contribution >= 0.6 is 0 Å². The molecule has 120 valence electrons. The Balaban J connectivity index is 2.46. The third kappa shape index (κ3) is 4.91.